The number of unbranched alkanes of at least 4 members (excludes halogenated alkanes) is 1. The zero-order chi connectivity index (χ0) is 12.7. The van der Waals surface area contributed by atoms with E-state index in [2.05, 4.69) is 5.32 Å². The van der Waals surface area contributed by atoms with Crippen LogP contribution in [0.2, 0.25) is 0 Å². The van der Waals surface area contributed by atoms with Gasteiger partial charge in [-0.3, -0.25) is 4.79 Å². The summed E-state index contributed by atoms with van der Waals surface area (Å²) in [4.78, 5) is 22.2. The summed E-state index contributed by atoms with van der Waals surface area (Å²) in [5, 5.41) is 11.4. The van der Waals surface area contributed by atoms with Gasteiger partial charge in [-0.25, -0.2) is 4.79 Å². The van der Waals surface area contributed by atoms with Crippen LogP contribution in [0.4, 0.5) is 5.69 Å². The van der Waals surface area contributed by atoms with Gasteiger partial charge < -0.3 is 10.4 Å². The van der Waals surface area contributed by atoms with Gasteiger partial charge >= 0.3 is 5.97 Å². The zero-order valence-electron chi connectivity index (χ0n) is 9.28. The first-order valence-corrected chi connectivity index (χ1v) is 5.86. The standard InChI is InChI=1S/C12H14ClNO3/c13-7-2-1-6-11(15)14-10-5-3-4-9(8-10)12(16)17/h3-5,8H,1-2,6-7H2,(H,14,15)(H,16,17). The molecule has 0 saturated carbocycles. The quantitative estimate of drug-likeness (QED) is 0.607. The van der Waals surface area contributed by atoms with Crippen LogP contribution in [0.1, 0.15) is 29.6 Å². The number of alkyl halides is 1. The lowest BCUT2D eigenvalue weighted by molar-refractivity contribution is -0.116. The smallest absolute Gasteiger partial charge is 0.335 e. The van der Waals surface area contributed by atoms with E-state index in [9.17, 15) is 9.59 Å². The summed E-state index contributed by atoms with van der Waals surface area (Å²) in [5.74, 6) is -0.595. The molecule has 0 aliphatic carbocycles. The summed E-state index contributed by atoms with van der Waals surface area (Å²) < 4.78 is 0. The van der Waals surface area contributed by atoms with Gasteiger partial charge in [-0.1, -0.05) is 6.07 Å². The Bertz CT molecular complexity index is 406. The van der Waals surface area contributed by atoms with E-state index in [1.54, 1.807) is 12.1 Å². The van der Waals surface area contributed by atoms with Crippen LogP contribution < -0.4 is 5.32 Å². The van der Waals surface area contributed by atoms with Crippen LogP contribution >= 0.6 is 11.6 Å². The number of amides is 1. The van der Waals surface area contributed by atoms with Crippen molar-refractivity contribution in [2.45, 2.75) is 19.3 Å². The fourth-order valence-corrected chi connectivity index (χ4v) is 1.52. The second-order valence-corrected chi connectivity index (χ2v) is 3.96. The van der Waals surface area contributed by atoms with Gasteiger partial charge in [0.05, 0.1) is 5.56 Å². The van der Waals surface area contributed by atoms with Gasteiger partial charge in [0.2, 0.25) is 5.91 Å². The molecule has 1 rings (SSSR count). The zero-order valence-corrected chi connectivity index (χ0v) is 10.0. The largest absolute Gasteiger partial charge is 0.478 e. The Hall–Kier alpha value is -1.55. The third-order valence-corrected chi connectivity index (χ3v) is 2.45. The van der Waals surface area contributed by atoms with Crippen molar-refractivity contribution in [1.82, 2.24) is 0 Å². The van der Waals surface area contributed by atoms with Crippen LogP contribution in [0.3, 0.4) is 0 Å². The van der Waals surface area contributed by atoms with Crippen molar-refractivity contribution in [1.29, 1.82) is 0 Å². The van der Waals surface area contributed by atoms with Crippen molar-refractivity contribution in [2.24, 2.45) is 0 Å². The number of carbonyl (C=O) groups is 2. The first-order chi connectivity index (χ1) is 8.13. The number of benzene rings is 1. The summed E-state index contributed by atoms with van der Waals surface area (Å²) in [6.07, 6.45) is 1.92. The van der Waals surface area contributed by atoms with Gasteiger partial charge in [-0.05, 0) is 31.0 Å². The average molecular weight is 256 g/mol. The molecule has 0 radical (unpaired) electrons. The molecule has 1 amide bonds. The van der Waals surface area contributed by atoms with E-state index in [0.717, 1.165) is 12.8 Å². The van der Waals surface area contributed by atoms with E-state index in [4.69, 9.17) is 16.7 Å². The number of nitrogens with one attached hydrogen (secondary N) is 1. The summed E-state index contributed by atoms with van der Waals surface area (Å²) >= 11 is 5.50. The minimum atomic E-state index is -1.01. The highest BCUT2D eigenvalue weighted by atomic mass is 35.5. The Morgan fingerprint density at radius 2 is 2.06 bits per heavy atom. The van der Waals surface area contributed by atoms with Crippen molar-refractivity contribution in [3.8, 4) is 0 Å². The highest BCUT2D eigenvalue weighted by molar-refractivity contribution is 6.17. The first-order valence-electron chi connectivity index (χ1n) is 5.32. The highest BCUT2D eigenvalue weighted by Crippen LogP contribution is 2.11. The van der Waals surface area contributed by atoms with Crippen LogP contribution in [0, 0.1) is 0 Å². The normalized spacial score (nSPS) is 9.94. The van der Waals surface area contributed by atoms with E-state index in [-0.39, 0.29) is 11.5 Å². The summed E-state index contributed by atoms with van der Waals surface area (Å²) in [6, 6.07) is 6.16. The van der Waals surface area contributed by atoms with E-state index in [1.807, 2.05) is 0 Å². The molecule has 0 spiro atoms. The van der Waals surface area contributed by atoms with E-state index >= 15 is 0 Å². The third-order valence-electron chi connectivity index (χ3n) is 2.18. The van der Waals surface area contributed by atoms with Gasteiger partial charge in [-0.2, -0.15) is 0 Å². The Morgan fingerprint density at radius 3 is 2.71 bits per heavy atom. The predicted molar refractivity (Wildman–Crippen MR) is 66.6 cm³/mol. The molecule has 92 valence electrons. The van der Waals surface area contributed by atoms with Crippen molar-refractivity contribution < 1.29 is 14.7 Å². The number of rotatable bonds is 6. The third kappa shape index (κ3) is 4.87. The van der Waals surface area contributed by atoms with E-state index in [1.165, 1.54) is 12.1 Å². The van der Waals surface area contributed by atoms with Crippen LogP contribution in [0.5, 0.6) is 0 Å². The molecule has 0 aliphatic heterocycles. The first kappa shape index (κ1) is 13.5. The lowest BCUT2D eigenvalue weighted by Crippen LogP contribution is -2.11. The molecule has 0 heterocycles. The summed E-state index contributed by atoms with van der Waals surface area (Å²) in [7, 11) is 0. The minimum absolute atomic E-state index is 0.127. The van der Waals surface area contributed by atoms with Crippen LogP contribution in [0.25, 0.3) is 0 Å². The maximum atomic E-state index is 11.5. The molecule has 2 N–H and O–H groups in total. The number of carboxylic acids is 1. The number of carbonyl (C=O) groups excluding carboxylic acids is 1. The van der Waals surface area contributed by atoms with Crippen molar-refractivity contribution in [2.75, 3.05) is 11.2 Å². The maximum absolute atomic E-state index is 11.5. The number of aromatic carboxylic acids is 1. The van der Waals surface area contributed by atoms with Crippen molar-refractivity contribution >= 4 is 29.2 Å². The molecule has 0 unspecified atom stereocenters. The molecule has 0 atom stereocenters. The van der Waals surface area contributed by atoms with Gasteiger partial charge in [-0.15, -0.1) is 11.6 Å². The number of hydrogen-bond acceptors (Lipinski definition) is 2. The monoisotopic (exact) mass is 255 g/mol. The molecule has 4 nitrogen and oxygen atoms in total. The number of carboxylic acid groups (broad SMARTS) is 1. The molecule has 1 aromatic carbocycles. The number of anilines is 1. The Balaban J connectivity index is 2.53. The molecule has 1 aromatic rings. The minimum Gasteiger partial charge on any atom is -0.478 e. The SMILES string of the molecule is O=C(CCCCCl)Nc1cccc(C(=O)O)c1. The lowest BCUT2D eigenvalue weighted by Gasteiger charge is -2.05. The molecular weight excluding hydrogens is 242 g/mol. The maximum Gasteiger partial charge on any atom is 0.335 e. The van der Waals surface area contributed by atoms with E-state index < -0.39 is 5.97 Å². The summed E-state index contributed by atoms with van der Waals surface area (Å²) in [5.41, 5.74) is 0.657. The Morgan fingerprint density at radius 1 is 1.29 bits per heavy atom. The molecule has 0 fully saturated rings. The van der Waals surface area contributed by atoms with E-state index in [0.29, 0.717) is 18.0 Å². The molecule has 0 bridgehead atoms. The number of hydrogen-bond donors (Lipinski definition) is 2. The van der Waals surface area contributed by atoms with Crippen LogP contribution in [-0.2, 0) is 4.79 Å². The molecule has 17 heavy (non-hydrogen) atoms. The van der Waals surface area contributed by atoms with Gasteiger partial charge in [0.25, 0.3) is 0 Å². The Labute approximate surface area is 105 Å². The van der Waals surface area contributed by atoms with Crippen molar-refractivity contribution in [3.63, 3.8) is 0 Å². The Kier molecular flexibility index (Phi) is 5.49. The lowest BCUT2D eigenvalue weighted by atomic mass is 10.2. The second-order valence-electron chi connectivity index (χ2n) is 3.58. The van der Waals surface area contributed by atoms with Crippen LogP contribution in [0.15, 0.2) is 24.3 Å². The molecule has 0 saturated heterocycles. The number of halogens is 1. The molecule has 0 aliphatic rings. The van der Waals surface area contributed by atoms with Gasteiger partial charge in [0.15, 0.2) is 0 Å². The fourth-order valence-electron chi connectivity index (χ4n) is 1.33. The molecule has 5 heteroatoms. The average Bonchev–Trinajstić information content (AvgIpc) is 2.29. The topological polar surface area (TPSA) is 66.4 Å². The summed E-state index contributed by atoms with van der Waals surface area (Å²) in [6.45, 7) is 0. The predicted octanol–water partition coefficient (Wildman–Crippen LogP) is 2.73. The second kappa shape index (κ2) is 6.91. The van der Waals surface area contributed by atoms with Crippen LogP contribution in [-0.4, -0.2) is 22.9 Å². The molecular formula is C12H14ClNO3. The molecule has 0 aromatic heterocycles. The highest BCUT2D eigenvalue weighted by Gasteiger charge is 2.05. The van der Waals surface area contributed by atoms with Crippen molar-refractivity contribution in [3.05, 3.63) is 29.8 Å². The fraction of sp³-hybridized carbons (Fsp3) is 0.333. The van der Waals surface area contributed by atoms with Gasteiger partial charge in [0, 0.05) is 18.0 Å². The van der Waals surface area contributed by atoms with Gasteiger partial charge in [0.1, 0.15) is 0 Å².